The SMILES string of the molecule is CCC(=O)c1ccc(N(Cc2cccs2)C2CC2)cn1. The molecule has 1 aliphatic carbocycles. The number of Topliss-reactive ketones (excluding diaryl/α,β-unsaturated/α-hetero) is 1. The van der Waals surface area contributed by atoms with Gasteiger partial charge in [-0.25, -0.2) is 0 Å². The van der Waals surface area contributed by atoms with E-state index in [-0.39, 0.29) is 5.78 Å². The predicted molar refractivity (Wildman–Crippen MR) is 82.4 cm³/mol. The molecule has 1 saturated carbocycles. The van der Waals surface area contributed by atoms with E-state index in [0.717, 1.165) is 12.2 Å². The van der Waals surface area contributed by atoms with Crippen molar-refractivity contribution in [2.24, 2.45) is 0 Å². The van der Waals surface area contributed by atoms with Crippen LogP contribution in [0.2, 0.25) is 0 Å². The van der Waals surface area contributed by atoms with E-state index in [1.54, 1.807) is 11.3 Å². The highest BCUT2D eigenvalue weighted by atomic mass is 32.1. The number of ketones is 1. The van der Waals surface area contributed by atoms with E-state index in [0.29, 0.717) is 18.2 Å². The maximum absolute atomic E-state index is 11.6. The summed E-state index contributed by atoms with van der Waals surface area (Å²) in [6, 6.07) is 8.77. The topological polar surface area (TPSA) is 33.2 Å². The number of nitrogens with zero attached hydrogens (tertiary/aromatic N) is 2. The lowest BCUT2D eigenvalue weighted by atomic mass is 10.2. The molecule has 2 aromatic heterocycles. The third-order valence-corrected chi connectivity index (χ3v) is 4.44. The number of pyridine rings is 1. The first-order chi connectivity index (χ1) is 9.78. The number of hydrogen-bond acceptors (Lipinski definition) is 4. The fourth-order valence-electron chi connectivity index (χ4n) is 2.29. The molecule has 4 heteroatoms. The van der Waals surface area contributed by atoms with Gasteiger partial charge in [-0.1, -0.05) is 13.0 Å². The molecule has 0 unspecified atom stereocenters. The van der Waals surface area contributed by atoms with Gasteiger partial charge in [-0.05, 0) is 36.4 Å². The van der Waals surface area contributed by atoms with E-state index in [2.05, 4.69) is 27.4 Å². The maximum Gasteiger partial charge on any atom is 0.180 e. The Morgan fingerprint density at radius 3 is 2.80 bits per heavy atom. The second-order valence-corrected chi connectivity index (χ2v) is 6.15. The maximum atomic E-state index is 11.6. The molecule has 0 amide bonds. The van der Waals surface area contributed by atoms with Gasteiger partial charge in [0.25, 0.3) is 0 Å². The second-order valence-electron chi connectivity index (χ2n) is 5.12. The molecule has 0 aliphatic heterocycles. The van der Waals surface area contributed by atoms with E-state index in [4.69, 9.17) is 0 Å². The minimum absolute atomic E-state index is 0.104. The molecule has 0 radical (unpaired) electrons. The molecule has 0 saturated heterocycles. The van der Waals surface area contributed by atoms with Gasteiger partial charge in [-0.2, -0.15) is 0 Å². The van der Waals surface area contributed by atoms with Crippen LogP contribution >= 0.6 is 11.3 Å². The highest BCUT2D eigenvalue weighted by molar-refractivity contribution is 7.09. The van der Waals surface area contributed by atoms with Crippen molar-refractivity contribution in [1.82, 2.24) is 4.98 Å². The highest BCUT2D eigenvalue weighted by Crippen LogP contribution is 2.33. The molecule has 0 spiro atoms. The van der Waals surface area contributed by atoms with Crippen LogP contribution in [0, 0.1) is 0 Å². The summed E-state index contributed by atoms with van der Waals surface area (Å²) >= 11 is 1.79. The Morgan fingerprint density at radius 2 is 2.25 bits per heavy atom. The van der Waals surface area contributed by atoms with Crippen LogP contribution in [0.5, 0.6) is 0 Å². The summed E-state index contributed by atoms with van der Waals surface area (Å²) in [7, 11) is 0. The first-order valence-electron chi connectivity index (χ1n) is 7.06. The molecule has 2 aromatic rings. The molecule has 0 aromatic carbocycles. The summed E-state index contributed by atoms with van der Waals surface area (Å²) in [5, 5.41) is 2.11. The summed E-state index contributed by atoms with van der Waals surface area (Å²) in [6.07, 6.45) is 4.85. The molecule has 0 atom stereocenters. The van der Waals surface area contributed by atoms with Crippen molar-refractivity contribution in [3.63, 3.8) is 0 Å². The molecular weight excluding hydrogens is 268 g/mol. The zero-order valence-electron chi connectivity index (χ0n) is 11.6. The highest BCUT2D eigenvalue weighted by Gasteiger charge is 2.29. The van der Waals surface area contributed by atoms with E-state index >= 15 is 0 Å². The molecule has 3 nitrogen and oxygen atoms in total. The average molecular weight is 286 g/mol. The van der Waals surface area contributed by atoms with Crippen molar-refractivity contribution in [3.05, 3.63) is 46.4 Å². The Kier molecular flexibility index (Phi) is 3.83. The third kappa shape index (κ3) is 2.90. The first kappa shape index (κ1) is 13.3. The summed E-state index contributed by atoms with van der Waals surface area (Å²) in [4.78, 5) is 19.7. The summed E-state index contributed by atoms with van der Waals surface area (Å²) < 4.78 is 0. The number of rotatable bonds is 6. The van der Waals surface area contributed by atoms with Crippen molar-refractivity contribution < 1.29 is 4.79 Å². The quantitative estimate of drug-likeness (QED) is 0.755. The minimum atomic E-state index is 0.104. The lowest BCUT2D eigenvalue weighted by Crippen LogP contribution is -2.24. The van der Waals surface area contributed by atoms with Gasteiger partial charge in [-0.15, -0.1) is 11.3 Å². The predicted octanol–water partition coefficient (Wildman–Crippen LogP) is 3.90. The van der Waals surface area contributed by atoms with Crippen molar-refractivity contribution >= 4 is 22.8 Å². The zero-order valence-corrected chi connectivity index (χ0v) is 12.4. The van der Waals surface area contributed by atoms with Crippen LogP contribution in [0.3, 0.4) is 0 Å². The van der Waals surface area contributed by atoms with E-state index in [1.165, 1.54) is 17.7 Å². The number of carbonyl (C=O) groups excluding carboxylic acids is 1. The second kappa shape index (κ2) is 5.75. The largest absolute Gasteiger partial charge is 0.362 e. The summed E-state index contributed by atoms with van der Waals surface area (Å²) in [6.45, 7) is 2.80. The monoisotopic (exact) mass is 286 g/mol. The average Bonchev–Trinajstić information content (AvgIpc) is 3.21. The standard InChI is InChI=1S/C16H18N2OS/c1-2-16(19)15-8-7-13(10-17-15)18(12-5-6-12)11-14-4-3-9-20-14/h3-4,7-10,12H,2,5-6,11H2,1H3. The van der Waals surface area contributed by atoms with Gasteiger partial charge < -0.3 is 4.90 Å². The molecule has 104 valence electrons. The van der Waals surface area contributed by atoms with Crippen LogP contribution in [0.25, 0.3) is 0 Å². The molecule has 20 heavy (non-hydrogen) atoms. The number of aromatic nitrogens is 1. The Hall–Kier alpha value is -1.68. The van der Waals surface area contributed by atoms with Gasteiger partial charge in [0.05, 0.1) is 18.4 Å². The lowest BCUT2D eigenvalue weighted by Gasteiger charge is -2.23. The van der Waals surface area contributed by atoms with Crippen LogP contribution in [0.15, 0.2) is 35.8 Å². The first-order valence-corrected chi connectivity index (χ1v) is 7.94. The number of carbonyl (C=O) groups is 1. The van der Waals surface area contributed by atoms with E-state index < -0.39 is 0 Å². The van der Waals surface area contributed by atoms with Crippen LogP contribution in [0.1, 0.15) is 41.6 Å². The smallest absolute Gasteiger partial charge is 0.180 e. The van der Waals surface area contributed by atoms with Crippen molar-refractivity contribution in [2.45, 2.75) is 38.8 Å². The number of anilines is 1. The van der Waals surface area contributed by atoms with Gasteiger partial charge >= 0.3 is 0 Å². The summed E-state index contributed by atoms with van der Waals surface area (Å²) in [5.74, 6) is 0.104. The van der Waals surface area contributed by atoms with Gasteiger partial charge in [0.1, 0.15) is 5.69 Å². The molecule has 1 aliphatic rings. The normalized spacial score (nSPS) is 14.2. The minimum Gasteiger partial charge on any atom is -0.362 e. The van der Waals surface area contributed by atoms with E-state index in [1.807, 2.05) is 25.3 Å². The van der Waals surface area contributed by atoms with Crippen molar-refractivity contribution in [2.75, 3.05) is 4.90 Å². The number of thiophene rings is 1. The van der Waals surface area contributed by atoms with Crippen LogP contribution < -0.4 is 4.90 Å². The fraction of sp³-hybridized carbons (Fsp3) is 0.375. The fourth-order valence-corrected chi connectivity index (χ4v) is 2.99. The third-order valence-electron chi connectivity index (χ3n) is 3.58. The van der Waals surface area contributed by atoms with Crippen molar-refractivity contribution in [3.8, 4) is 0 Å². The van der Waals surface area contributed by atoms with Gasteiger partial charge in [0.15, 0.2) is 5.78 Å². The van der Waals surface area contributed by atoms with Gasteiger partial charge in [-0.3, -0.25) is 9.78 Å². The van der Waals surface area contributed by atoms with Crippen molar-refractivity contribution in [1.29, 1.82) is 0 Å². The Bertz CT molecular complexity index is 573. The molecule has 1 fully saturated rings. The summed E-state index contributed by atoms with van der Waals surface area (Å²) in [5.41, 5.74) is 1.69. The Balaban J connectivity index is 1.79. The molecular formula is C16H18N2OS. The lowest BCUT2D eigenvalue weighted by molar-refractivity contribution is 0.0983. The van der Waals surface area contributed by atoms with Gasteiger partial charge in [0.2, 0.25) is 0 Å². The molecule has 3 rings (SSSR count). The van der Waals surface area contributed by atoms with E-state index in [9.17, 15) is 4.79 Å². The van der Waals surface area contributed by atoms with Crippen LogP contribution in [0.4, 0.5) is 5.69 Å². The Labute approximate surface area is 123 Å². The molecule has 2 heterocycles. The van der Waals surface area contributed by atoms with Crippen LogP contribution in [-0.4, -0.2) is 16.8 Å². The number of hydrogen-bond donors (Lipinski definition) is 0. The zero-order chi connectivity index (χ0) is 13.9. The van der Waals surface area contributed by atoms with Gasteiger partial charge in [0, 0.05) is 17.3 Å². The van der Waals surface area contributed by atoms with Crippen LogP contribution in [-0.2, 0) is 6.54 Å². The Morgan fingerprint density at radius 1 is 1.40 bits per heavy atom. The molecule has 0 N–H and O–H groups in total. The molecule has 0 bridgehead atoms.